The van der Waals surface area contributed by atoms with Crippen LogP contribution in [0.4, 0.5) is 0 Å². The van der Waals surface area contributed by atoms with Gasteiger partial charge in [0.1, 0.15) is 0 Å². The molecule has 0 aromatic heterocycles. The molecule has 0 radical (unpaired) electrons. The van der Waals surface area contributed by atoms with Gasteiger partial charge in [-0.1, -0.05) is 11.6 Å². The van der Waals surface area contributed by atoms with Crippen molar-refractivity contribution in [3.63, 3.8) is 0 Å². The average molecular weight is 282 g/mol. The van der Waals surface area contributed by atoms with Crippen molar-refractivity contribution in [1.82, 2.24) is 0 Å². The van der Waals surface area contributed by atoms with Crippen molar-refractivity contribution in [3.8, 4) is 11.5 Å². The quantitative estimate of drug-likeness (QED) is 0.917. The summed E-state index contributed by atoms with van der Waals surface area (Å²) in [6, 6.07) is 3.74. The van der Waals surface area contributed by atoms with Crippen LogP contribution >= 0.6 is 11.6 Å². The van der Waals surface area contributed by atoms with Crippen molar-refractivity contribution in [2.45, 2.75) is 50.2 Å². The maximum absolute atomic E-state index is 6.34. The van der Waals surface area contributed by atoms with E-state index in [0.29, 0.717) is 10.8 Å². The molecule has 2 aliphatic rings. The van der Waals surface area contributed by atoms with Gasteiger partial charge in [0.25, 0.3) is 0 Å². The summed E-state index contributed by atoms with van der Waals surface area (Å²) in [5.41, 5.74) is 7.07. The highest BCUT2D eigenvalue weighted by Gasteiger charge is 2.43. The van der Waals surface area contributed by atoms with Crippen molar-refractivity contribution >= 4 is 11.6 Å². The number of hydrogen-bond donors (Lipinski definition) is 1. The highest BCUT2D eigenvalue weighted by Crippen LogP contribution is 2.51. The molecular weight excluding hydrogens is 262 g/mol. The normalized spacial score (nSPS) is 21.4. The summed E-state index contributed by atoms with van der Waals surface area (Å²) in [6.45, 7) is 0. The van der Waals surface area contributed by atoms with E-state index in [2.05, 4.69) is 0 Å². The van der Waals surface area contributed by atoms with E-state index in [1.807, 2.05) is 6.07 Å². The predicted molar refractivity (Wildman–Crippen MR) is 76.0 cm³/mol. The summed E-state index contributed by atoms with van der Waals surface area (Å²) in [6.07, 6.45) is 6.96. The lowest BCUT2D eigenvalue weighted by atomic mass is 10.0. The van der Waals surface area contributed by atoms with Crippen LogP contribution in [-0.4, -0.2) is 13.2 Å². The van der Waals surface area contributed by atoms with Gasteiger partial charge >= 0.3 is 0 Å². The Morgan fingerprint density at radius 1 is 1.26 bits per heavy atom. The fourth-order valence-corrected chi connectivity index (χ4v) is 3.00. The van der Waals surface area contributed by atoms with Crippen molar-refractivity contribution in [2.75, 3.05) is 7.11 Å². The third-order valence-electron chi connectivity index (χ3n) is 4.15. The van der Waals surface area contributed by atoms with E-state index in [-0.39, 0.29) is 11.6 Å². The number of methoxy groups -OCH3 is 1. The van der Waals surface area contributed by atoms with Gasteiger partial charge < -0.3 is 15.2 Å². The second-order valence-corrected chi connectivity index (χ2v) is 6.10. The Balaban J connectivity index is 1.98. The highest BCUT2D eigenvalue weighted by atomic mass is 35.5. The lowest BCUT2D eigenvalue weighted by Gasteiger charge is -2.22. The molecule has 0 heterocycles. The monoisotopic (exact) mass is 281 g/mol. The van der Waals surface area contributed by atoms with Gasteiger partial charge in [-0.05, 0) is 44.6 Å². The maximum Gasteiger partial charge on any atom is 0.166 e. The molecule has 2 saturated carbocycles. The molecule has 19 heavy (non-hydrogen) atoms. The van der Waals surface area contributed by atoms with E-state index in [9.17, 15) is 0 Å². The third kappa shape index (κ3) is 2.54. The molecule has 2 N–H and O–H groups in total. The van der Waals surface area contributed by atoms with Crippen molar-refractivity contribution < 1.29 is 9.47 Å². The Bertz CT molecular complexity index is 479. The summed E-state index contributed by atoms with van der Waals surface area (Å²) in [4.78, 5) is 0. The molecule has 0 aliphatic heterocycles. The number of halogens is 1. The fraction of sp³-hybridized carbons (Fsp3) is 0.600. The average Bonchev–Trinajstić information content (AvgIpc) is 2.94. The molecule has 1 aromatic carbocycles. The molecule has 0 unspecified atom stereocenters. The molecule has 104 valence electrons. The van der Waals surface area contributed by atoms with Crippen LogP contribution in [0.1, 0.15) is 44.1 Å². The first-order valence-corrected chi connectivity index (χ1v) is 7.34. The summed E-state index contributed by atoms with van der Waals surface area (Å²) in [5.74, 6) is 1.50. The SMILES string of the molecule is COc1cc(Cl)cc(C2(N)CC2)c1OC1CCCC1. The minimum absolute atomic E-state index is 0.272. The second-order valence-electron chi connectivity index (χ2n) is 5.67. The van der Waals surface area contributed by atoms with E-state index in [1.165, 1.54) is 12.8 Å². The number of benzene rings is 1. The highest BCUT2D eigenvalue weighted by molar-refractivity contribution is 6.30. The summed E-state index contributed by atoms with van der Waals surface area (Å²) < 4.78 is 11.6. The number of rotatable bonds is 4. The fourth-order valence-electron chi connectivity index (χ4n) is 2.79. The Morgan fingerprint density at radius 2 is 1.95 bits per heavy atom. The Labute approximate surface area is 119 Å². The molecular formula is C15H20ClNO2. The van der Waals surface area contributed by atoms with Crippen LogP contribution in [0.5, 0.6) is 11.5 Å². The topological polar surface area (TPSA) is 44.5 Å². The number of nitrogens with two attached hydrogens (primary N) is 1. The molecule has 0 spiro atoms. The number of hydrogen-bond acceptors (Lipinski definition) is 3. The lowest BCUT2D eigenvalue weighted by Crippen LogP contribution is -2.22. The van der Waals surface area contributed by atoms with Crippen LogP contribution in [0.25, 0.3) is 0 Å². The van der Waals surface area contributed by atoms with Crippen LogP contribution in [0, 0.1) is 0 Å². The Kier molecular flexibility index (Phi) is 3.35. The zero-order valence-corrected chi connectivity index (χ0v) is 12.0. The van der Waals surface area contributed by atoms with E-state index < -0.39 is 0 Å². The minimum Gasteiger partial charge on any atom is -0.493 e. The molecule has 3 nitrogen and oxygen atoms in total. The van der Waals surface area contributed by atoms with E-state index in [4.69, 9.17) is 26.8 Å². The summed E-state index contributed by atoms with van der Waals surface area (Å²) in [5, 5.41) is 0.655. The number of ether oxygens (including phenoxy) is 2. The van der Waals surface area contributed by atoms with Gasteiger partial charge in [-0.3, -0.25) is 0 Å². The van der Waals surface area contributed by atoms with Crippen LogP contribution in [-0.2, 0) is 5.54 Å². The van der Waals surface area contributed by atoms with Crippen LogP contribution in [0.2, 0.25) is 5.02 Å². The van der Waals surface area contributed by atoms with Crippen molar-refractivity contribution in [2.24, 2.45) is 5.73 Å². The molecule has 0 bridgehead atoms. The molecule has 0 saturated heterocycles. The van der Waals surface area contributed by atoms with E-state index in [0.717, 1.165) is 37.0 Å². The molecule has 2 aliphatic carbocycles. The first kappa shape index (κ1) is 13.1. The molecule has 4 heteroatoms. The minimum atomic E-state index is -0.272. The Morgan fingerprint density at radius 3 is 2.53 bits per heavy atom. The zero-order chi connectivity index (χ0) is 13.5. The maximum atomic E-state index is 6.34. The second kappa shape index (κ2) is 4.88. The van der Waals surface area contributed by atoms with Crippen LogP contribution < -0.4 is 15.2 Å². The van der Waals surface area contributed by atoms with Crippen LogP contribution in [0.3, 0.4) is 0 Å². The smallest absolute Gasteiger partial charge is 0.166 e. The molecule has 1 aromatic rings. The van der Waals surface area contributed by atoms with E-state index >= 15 is 0 Å². The molecule has 0 amide bonds. The molecule has 0 atom stereocenters. The lowest BCUT2D eigenvalue weighted by molar-refractivity contribution is 0.197. The van der Waals surface area contributed by atoms with Crippen molar-refractivity contribution in [3.05, 3.63) is 22.7 Å². The first-order valence-electron chi connectivity index (χ1n) is 6.96. The van der Waals surface area contributed by atoms with Gasteiger partial charge in [0, 0.05) is 22.2 Å². The Hall–Kier alpha value is -0.930. The van der Waals surface area contributed by atoms with Gasteiger partial charge in [0.2, 0.25) is 0 Å². The molecule has 2 fully saturated rings. The van der Waals surface area contributed by atoms with Crippen molar-refractivity contribution in [1.29, 1.82) is 0 Å². The third-order valence-corrected chi connectivity index (χ3v) is 4.37. The molecule has 3 rings (SSSR count). The van der Waals surface area contributed by atoms with E-state index in [1.54, 1.807) is 13.2 Å². The van der Waals surface area contributed by atoms with Gasteiger partial charge in [-0.25, -0.2) is 0 Å². The first-order chi connectivity index (χ1) is 9.12. The van der Waals surface area contributed by atoms with Gasteiger partial charge in [-0.2, -0.15) is 0 Å². The summed E-state index contributed by atoms with van der Waals surface area (Å²) in [7, 11) is 1.65. The van der Waals surface area contributed by atoms with Gasteiger partial charge in [0.15, 0.2) is 11.5 Å². The van der Waals surface area contributed by atoms with Gasteiger partial charge in [-0.15, -0.1) is 0 Å². The van der Waals surface area contributed by atoms with Gasteiger partial charge in [0.05, 0.1) is 13.2 Å². The predicted octanol–water partition coefficient (Wildman–Crippen LogP) is 3.62. The largest absolute Gasteiger partial charge is 0.493 e. The van der Waals surface area contributed by atoms with Crippen LogP contribution in [0.15, 0.2) is 12.1 Å². The summed E-state index contributed by atoms with van der Waals surface area (Å²) >= 11 is 6.16. The zero-order valence-electron chi connectivity index (χ0n) is 11.2. The standard InChI is InChI=1S/C15H20ClNO2/c1-18-13-9-10(16)8-12(15(17)6-7-15)14(13)19-11-4-2-3-5-11/h8-9,11H,2-7,17H2,1H3.